The molecule has 0 spiro atoms. The summed E-state index contributed by atoms with van der Waals surface area (Å²) < 4.78 is 29.6. The topological polar surface area (TPSA) is 245 Å². The summed E-state index contributed by atoms with van der Waals surface area (Å²) in [6.07, 6.45) is -1.52. The van der Waals surface area contributed by atoms with E-state index < -0.39 is 97.8 Å². The van der Waals surface area contributed by atoms with Crippen molar-refractivity contribution >= 4 is 16.7 Å². The van der Waals surface area contributed by atoms with E-state index in [1.165, 1.54) is 74.8 Å². The van der Waals surface area contributed by atoms with Crippen molar-refractivity contribution in [3.8, 4) is 17.2 Å². The van der Waals surface area contributed by atoms with Crippen LogP contribution in [0.3, 0.4) is 0 Å². The molecule has 2 aliphatic heterocycles. The molecule has 15 nitrogen and oxygen atoms in total. The van der Waals surface area contributed by atoms with Gasteiger partial charge in [0.25, 0.3) is 0 Å². The number of carbonyl (C=O) groups excluding carboxylic acids is 1. The number of allylic oxidation sites excluding steroid dienone is 1. The molecular weight excluding hydrogens is 865 g/mol. The number of fused-ring (bicyclic) bond motifs is 6. The Morgan fingerprint density at radius 2 is 1.36 bits per heavy atom. The van der Waals surface area contributed by atoms with Crippen molar-refractivity contribution in [2.24, 2.45) is 52.3 Å². The first kappa shape index (κ1) is 50.3. The van der Waals surface area contributed by atoms with E-state index in [0.29, 0.717) is 29.1 Å². The van der Waals surface area contributed by atoms with Crippen LogP contribution in [0.4, 0.5) is 0 Å². The van der Waals surface area contributed by atoms with Crippen LogP contribution in [0.2, 0.25) is 0 Å². The molecule has 5 fully saturated rings. The molecule has 0 aromatic heterocycles. The van der Waals surface area contributed by atoms with Gasteiger partial charge in [-0.3, -0.25) is 0 Å². The Labute approximate surface area is 394 Å². The summed E-state index contributed by atoms with van der Waals surface area (Å²) in [5.74, 6) is 2.45. The number of esters is 1. The van der Waals surface area contributed by atoms with Gasteiger partial charge in [0, 0.05) is 0 Å². The number of rotatable bonds is 14. The predicted molar refractivity (Wildman–Crippen MR) is 246 cm³/mol. The third kappa shape index (κ3) is 9.36. The molecule has 374 valence electrons. The highest BCUT2D eigenvalue weighted by Crippen LogP contribution is 2.67. The minimum atomic E-state index is -1.94. The maximum atomic E-state index is 13.3. The molecule has 19 atom stereocenters. The standard InChI is InChI=1S/C52H76O15/c1-7-27(25(2)3)9-8-26(4)34-12-13-35-32-11-10-30-22-31(14-16-51(30,5)36(32)15-17-52(34,35)6)63-49-44(60)43(59)47(41(24-54)64-49)67-50-45(61)42(58)46(40(23-53)65-50)66-48(62)33-18-28-20-38(56)39(57)21-29(28)19-37(33)55/h10,18-21,25-27,31-32,34-36,40-47,49-50,53-61H,7-9,11-17,22-24H2,1-6H3/t26-,27-,31+,32+,34-,35+,36+,40-,41-,42-,43-,44-,45-,46-,47-,49-,50+,51+,52-/m1/s1. The number of aliphatic hydroxyl groups is 6. The van der Waals surface area contributed by atoms with Gasteiger partial charge >= 0.3 is 5.97 Å². The van der Waals surface area contributed by atoms with E-state index in [1.54, 1.807) is 0 Å². The van der Waals surface area contributed by atoms with Crippen molar-refractivity contribution in [3.63, 3.8) is 0 Å². The molecule has 15 heteroatoms. The zero-order valence-corrected chi connectivity index (χ0v) is 39.9. The van der Waals surface area contributed by atoms with E-state index in [-0.39, 0.29) is 22.5 Å². The highest BCUT2D eigenvalue weighted by molar-refractivity contribution is 5.99. The highest BCUT2D eigenvalue weighted by atomic mass is 16.7. The van der Waals surface area contributed by atoms with Crippen LogP contribution in [0.15, 0.2) is 35.9 Å². The van der Waals surface area contributed by atoms with Gasteiger partial charge in [-0.15, -0.1) is 0 Å². The molecule has 2 saturated heterocycles. The second-order valence-corrected chi connectivity index (χ2v) is 21.9. The van der Waals surface area contributed by atoms with Gasteiger partial charge in [-0.2, -0.15) is 0 Å². The molecule has 0 radical (unpaired) electrons. The Kier molecular flexibility index (Phi) is 15.0. The summed E-state index contributed by atoms with van der Waals surface area (Å²) in [4.78, 5) is 13.3. The van der Waals surface area contributed by atoms with Crippen LogP contribution in [0.5, 0.6) is 17.2 Å². The molecule has 9 N–H and O–H groups in total. The monoisotopic (exact) mass is 941 g/mol. The molecule has 0 unspecified atom stereocenters. The molecule has 67 heavy (non-hydrogen) atoms. The van der Waals surface area contributed by atoms with E-state index in [9.17, 15) is 50.8 Å². The van der Waals surface area contributed by atoms with Gasteiger partial charge in [-0.1, -0.05) is 66.0 Å². The molecule has 0 bridgehead atoms. The number of phenols is 3. The average Bonchev–Trinajstić information content (AvgIpc) is 3.66. The number of benzene rings is 2. The lowest BCUT2D eigenvalue weighted by molar-refractivity contribution is -0.362. The highest BCUT2D eigenvalue weighted by Gasteiger charge is 2.60. The summed E-state index contributed by atoms with van der Waals surface area (Å²) >= 11 is 0. The molecule has 0 amide bonds. The van der Waals surface area contributed by atoms with Crippen molar-refractivity contribution in [2.45, 2.75) is 180 Å². The SMILES string of the molecule is CC[C@H](CC[C@@H](C)[C@H]1CC[C@H]2[C@@H]3CC=C4C[C@@H](O[C@@H]5O[C@H](CO)[C@@H](O[C@@H]6O[C@H](CO)[C@@H](OC(=O)c7cc8cc(O)c(O)cc8cc7O)[C@H](O)[C@H]6O)[C@H](O)[C@H]5O)CC[C@]4(C)[C@H]3CC[C@]12C)C(C)C. The lowest BCUT2D eigenvalue weighted by atomic mass is 9.47. The lowest BCUT2D eigenvalue weighted by Crippen LogP contribution is -2.65. The number of aromatic hydroxyl groups is 3. The quantitative estimate of drug-likeness (QED) is 0.0617. The van der Waals surface area contributed by atoms with E-state index in [2.05, 4.69) is 47.6 Å². The first-order valence-corrected chi connectivity index (χ1v) is 25.0. The summed E-state index contributed by atoms with van der Waals surface area (Å²) in [6.45, 7) is 13.2. The van der Waals surface area contributed by atoms with E-state index in [0.717, 1.165) is 48.9 Å². The van der Waals surface area contributed by atoms with Gasteiger partial charge in [0.2, 0.25) is 0 Å². The van der Waals surface area contributed by atoms with Crippen molar-refractivity contribution < 1.29 is 74.4 Å². The Balaban J connectivity index is 0.873. The largest absolute Gasteiger partial charge is 0.507 e. The fraction of sp³-hybridized carbons (Fsp3) is 0.750. The smallest absolute Gasteiger partial charge is 0.342 e. The first-order valence-electron chi connectivity index (χ1n) is 25.0. The van der Waals surface area contributed by atoms with E-state index in [1.807, 2.05) is 0 Å². The molecule has 2 heterocycles. The number of phenolic OH excluding ortho intramolecular Hbond substituents is 3. The van der Waals surface area contributed by atoms with Gasteiger partial charge in [-0.25, -0.2) is 4.79 Å². The minimum Gasteiger partial charge on any atom is -0.507 e. The second-order valence-electron chi connectivity index (χ2n) is 21.9. The predicted octanol–water partition coefficient (Wildman–Crippen LogP) is 5.81. The maximum Gasteiger partial charge on any atom is 0.342 e. The van der Waals surface area contributed by atoms with Crippen LogP contribution in [0, 0.1) is 52.3 Å². The summed E-state index contributed by atoms with van der Waals surface area (Å²) in [5.41, 5.74) is 1.45. The van der Waals surface area contributed by atoms with Gasteiger partial charge in [0.05, 0.1) is 19.3 Å². The molecule has 2 aromatic rings. The van der Waals surface area contributed by atoms with Gasteiger partial charge in [0.1, 0.15) is 54.0 Å². The summed E-state index contributed by atoms with van der Waals surface area (Å²) in [6, 6.07) is 4.72. The number of aliphatic hydroxyl groups excluding tert-OH is 6. The Morgan fingerprint density at radius 3 is 2.00 bits per heavy atom. The van der Waals surface area contributed by atoms with E-state index >= 15 is 0 Å². The van der Waals surface area contributed by atoms with Crippen LogP contribution in [-0.2, 0) is 23.7 Å². The van der Waals surface area contributed by atoms with Crippen LogP contribution in [-0.4, -0.2) is 133 Å². The zero-order valence-electron chi connectivity index (χ0n) is 39.9. The van der Waals surface area contributed by atoms with Crippen LogP contribution in [0.25, 0.3) is 10.8 Å². The van der Waals surface area contributed by atoms with Crippen molar-refractivity contribution in [2.75, 3.05) is 13.2 Å². The Morgan fingerprint density at radius 1 is 0.746 bits per heavy atom. The van der Waals surface area contributed by atoms with Crippen LogP contribution in [0.1, 0.15) is 123 Å². The maximum absolute atomic E-state index is 13.3. The third-order valence-electron chi connectivity index (χ3n) is 18.0. The van der Waals surface area contributed by atoms with Gasteiger partial charge < -0.3 is 69.6 Å². The normalized spacial score (nSPS) is 40.7. The number of hydrogen-bond donors (Lipinski definition) is 9. The minimum absolute atomic E-state index is 0.0570. The number of ether oxygens (including phenoxy) is 5. The average molecular weight is 941 g/mol. The molecule has 3 saturated carbocycles. The lowest BCUT2D eigenvalue weighted by Gasteiger charge is -2.58. The molecule has 4 aliphatic carbocycles. The second kappa shape index (κ2) is 20.0. The van der Waals surface area contributed by atoms with Gasteiger partial charge in [0.15, 0.2) is 30.2 Å². The van der Waals surface area contributed by atoms with Crippen molar-refractivity contribution in [1.29, 1.82) is 0 Å². The first-order chi connectivity index (χ1) is 31.8. The van der Waals surface area contributed by atoms with Crippen molar-refractivity contribution in [1.82, 2.24) is 0 Å². The number of carbonyl (C=O) groups is 1. The van der Waals surface area contributed by atoms with Crippen LogP contribution >= 0.6 is 0 Å². The molecular formula is C52H76O15. The van der Waals surface area contributed by atoms with Crippen LogP contribution < -0.4 is 0 Å². The molecule has 8 rings (SSSR count). The Hall–Kier alpha value is -3.09. The zero-order chi connectivity index (χ0) is 48.3. The Bertz CT molecular complexity index is 2090. The molecule has 6 aliphatic rings. The third-order valence-corrected chi connectivity index (χ3v) is 18.0. The van der Waals surface area contributed by atoms with E-state index in [4.69, 9.17) is 23.7 Å². The van der Waals surface area contributed by atoms with Crippen molar-refractivity contribution in [3.05, 3.63) is 41.5 Å². The number of hydrogen-bond acceptors (Lipinski definition) is 15. The fourth-order valence-corrected chi connectivity index (χ4v) is 14.1. The summed E-state index contributed by atoms with van der Waals surface area (Å²) in [5, 5.41) is 96.7. The summed E-state index contributed by atoms with van der Waals surface area (Å²) in [7, 11) is 0. The molecule has 2 aromatic carbocycles. The fourth-order valence-electron chi connectivity index (χ4n) is 14.1. The van der Waals surface area contributed by atoms with Gasteiger partial charge in [-0.05, 0) is 145 Å².